The summed E-state index contributed by atoms with van der Waals surface area (Å²) in [5.41, 5.74) is 0.346. The van der Waals surface area contributed by atoms with Crippen molar-refractivity contribution in [2.24, 2.45) is 5.41 Å². The molecule has 3 rings (SSSR count). The van der Waals surface area contributed by atoms with Crippen molar-refractivity contribution in [3.8, 4) is 23.3 Å². The van der Waals surface area contributed by atoms with Gasteiger partial charge in [-0.05, 0) is 60.9 Å². The Morgan fingerprint density at radius 2 is 1.74 bits per heavy atom. The number of ether oxygens (including phenoxy) is 2. The van der Waals surface area contributed by atoms with E-state index < -0.39 is 16.8 Å². The van der Waals surface area contributed by atoms with Crippen LogP contribution < -0.4 is 9.47 Å². The summed E-state index contributed by atoms with van der Waals surface area (Å²) in [6.07, 6.45) is 4.45. The van der Waals surface area contributed by atoms with Gasteiger partial charge in [-0.3, -0.25) is 4.79 Å². The predicted molar refractivity (Wildman–Crippen MR) is 123 cm³/mol. The molecule has 2 aromatic rings. The van der Waals surface area contributed by atoms with E-state index in [1.54, 1.807) is 7.11 Å². The fraction of sp³-hybridized carbons (Fsp3) is 0.444. The summed E-state index contributed by atoms with van der Waals surface area (Å²) in [7, 11) is 1.62. The highest BCUT2D eigenvalue weighted by atomic mass is 16.5. The molecular formula is C27H32O4. The number of hydrogen-bond donors (Lipinski definition) is 1. The van der Waals surface area contributed by atoms with Crippen molar-refractivity contribution in [1.82, 2.24) is 0 Å². The van der Waals surface area contributed by atoms with Crippen LogP contribution in [-0.2, 0) is 10.2 Å². The van der Waals surface area contributed by atoms with Gasteiger partial charge in [-0.2, -0.15) is 0 Å². The molecule has 164 valence electrons. The second-order valence-electron chi connectivity index (χ2n) is 9.23. The number of carbonyl (C=O) groups is 1. The number of benzene rings is 2. The summed E-state index contributed by atoms with van der Waals surface area (Å²) >= 11 is 0. The van der Waals surface area contributed by atoms with Gasteiger partial charge in [0.25, 0.3) is 0 Å². The Labute approximate surface area is 185 Å². The van der Waals surface area contributed by atoms with E-state index in [4.69, 9.17) is 9.47 Å². The molecule has 4 heteroatoms. The standard InChI is InChI=1S/C27H32O4/c1-26(2,3)27(19-25(28)29,17-16-20-10-6-5-7-11-20)21-14-15-23(30-4)24(18-21)31-22-12-8-9-13-22/h5-7,10-11,14-15,18,22H,8-9,12-13,19H2,1-4H3,(H,28,29). The average Bonchev–Trinajstić information content (AvgIpc) is 3.24. The molecule has 1 aliphatic carbocycles. The number of methoxy groups -OCH3 is 1. The maximum Gasteiger partial charge on any atom is 0.305 e. The van der Waals surface area contributed by atoms with E-state index in [1.165, 1.54) is 12.8 Å². The van der Waals surface area contributed by atoms with E-state index in [0.29, 0.717) is 11.5 Å². The molecule has 0 saturated heterocycles. The molecule has 1 aliphatic rings. The second-order valence-corrected chi connectivity index (χ2v) is 9.23. The zero-order valence-electron chi connectivity index (χ0n) is 18.9. The van der Waals surface area contributed by atoms with Crippen LogP contribution in [0.2, 0.25) is 0 Å². The number of carboxylic acids is 1. The van der Waals surface area contributed by atoms with Crippen LogP contribution in [0.3, 0.4) is 0 Å². The van der Waals surface area contributed by atoms with E-state index in [2.05, 4.69) is 11.8 Å². The van der Waals surface area contributed by atoms with Crippen molar-refractivity contribution in [3.63, 3.8) is 0 Å². The SMILES string of the molecule is COc1ccc(C(C#Cc2ccccc2)(CC(=O)O)C(C)(C)C)cc1OC1CCCC1. The summed E-state index contributed by atoms with van der Waals surface area (Å²) in [6, 6.07) is 15.4. The number of hydrogen-bond acceptors (Lipinski definition) is 3. The molecule has 0 spiro atoms. The molecule has 0 amide bonds. The van der Waals surface area contributed by atoms with Crippen LogP contribution in [0.4, 0.5) is 0 Å². The third kappa shape index (κ3) is 5.22. The Hall–Kier alpha value is -2.93. The maximum absolute atomic E-state index is 12.0. The molecule has 4 nitrogen and oxygen atoms in total. The molecule has 1 unspecified atom stereocenters. The molecule has 31 heavy (non-hydrogen) atoms. The van der Waals surface area contributed by atoms with Gasteiger partial charge in [0.05, 0.1) is 25.0 Å². The van der Waals surface area contributed by atoms with E-state index in [0.717, 1.165) is 24.0 Å². The van der Waals surface area contributed by atoms with Gasteiger partial charge >= 0.3 is 5.97 Å². The third-order valence-electron chi connectivity index (χ3n) is 6.14. The zero-order chi connectivity index (χ0) is 22.5. The van der Waals surface area contributed by atoms with Crippen LogP contribution in [0.15, 0.2) is 48.5 Å². The highest BCUT2D eigenvalue weighted by Crippen LogP contribution is 2.46. The van der Waals surface area contributed by atoms with Crippen molar-refractivity contribution in [1.29, 1.82) is 0 Å². The van der Waals surface area contributed by atoms with Gasteiger partial charge < -0.3 is 14.6 Å². The molecule has 0 bridgehead atoms. The summed E-state index contributed by atoms with van der Waals surface area (Å²) in [4.78, 5) is 12.0. The summed E-state index contributed by atoms with van der Waals surface area (Å²) < 4.78 is 11.8. The van der Waals surface area contributed by atoms with Gasteiger partial charge in [-0.25, -0.2) is 0 Å². The predicted octanol–water partition coefficient (Wildman–Crippen LogP) is 5.83. The molecule has 0 aliphatic heterocycles. The smallest absolute Gasteiger partial charge is 0.305 e. The van der Waals surface area contributed by atoms with E-state index >= 15 is 0 Å². The third-order valence-corrected chi connectivity index (χ3v) is 6.14. The largest absolute Gasteiger partial charge is 0.493 e. The van der Waals surface area contributed by atoms with Crippen LogP contribution in [0.25, 0.3) is 0 Å². The molecule has 1 fully saturated rings. The number of rotatable bonds is 6. The zero-order valence-corrected chi connectivity index (χ0v) is 18.9. The Morgan fingerprint density at radius 1 is 1.06 bits per heavy atom. The molecule has 1 saturated carbocycles. The lowest BCUT2D eigenvalue weighted by molar-refractivity contribution is -0.139. The molecule has 0 heterocycles. The van der Waals surface area contributed by atoms with Crippen LogP contribution in [0, 0.1) is 17.3 Å². The molecule has 2 aromatic carbocycles. The normalized spacial score (nSPS) is 16.1. The Kier molecular flexibility index (Phi) is 6.95. The van der Waals surface area contributed by atoms with Gasteiger partial charge in [-0.15, -0.1) is 0 Å². The van der Waals surface area contributed by atoms with Crippen molar-refractivity contribution < 1.29 is 19.4 Å². The first-order chi connectivity index (χ1) is 14.7. The summed E-state index contributed by atoms with van der Waals surface area (Å²) in [6.45, 7) is 6.12. The summed E-state index contributed by atoms with van der Waals surface area (Å²) in [5, 5.41) is 9.85. The van der Waals surface area contributed by atoms with Crippen LogP contribution in [0.1, 0.15) is 64.0 Å². The molecule has 0 radical (unpaired) electrons. The minimum Gasteiger partial charge on any atom is -0.493 e. The first-order valence-corrected chi connectivity index (χ1v) is 10.9. The van der Waals surface area contributed by atoms with Gasteiger partial charge in [0, 0.05) is 5.56 Å². The van der Waals surface area contributed by atoms with E-state index in [-0.39, 0.29) is 12.5 Å². The highest BCUT2D eigenvalue weighted by molar-refractivity contribution is 5.71. The van der Waals surface area contributed by atoms with Crippen LogP contribution >= 0.6 is 0 Å². The lowest BCUT2D eigenvalue weighted by atomic mass is 9.61. The van der Waals surface area contributed by atoms with E-state index in [1.807, 2.05) is 69.3 Å². The fourth-order valence-electron chi connectivity index (χ4n) is 4.25. The van der Waals surface area contributed by atoms with Crippen molar-refractivity contribution in [3.05, 3.63) is 59.7 Å². The van der Waals surface area contributed by atoms with Crippen LogP contribution in [-0.4, -0.2) is 24.3 Å². The Bertz CT molecular complexity index is 956. The topological polar surface area (TPSA) is 55.8 Å². The Balaban J connectivity index is 2.14. The highest BCUT2D eigenvalue weighted by Gasteiger charge is 2.44. The first kappa shape index (κ1) is 22.7. The fourth-order valence-corrected chi connectivity index (χ4v) is 4.25. The van der Waals surface area contributed by atoms with Gasteiger partial charge in [0.15, 0.2) is 11.5 Å². The van der Waals surface area contributed by atoms with Crippen molar-refractivity contribution >= 4 is 5.97 Å². The Morgan fingerprint density at radius 3 is 2.32 bits per heavy atom. The minimum absolute atomic E-state index is 0.106. The molecule has 1 atom stereocenters. The number of carboxylic acid groups (broad SMARTS) is 1. The average molecular weight is 421 g/mol. The van der Waals surface area contributed by atoms with Crippen molar-refractivity contribution in [2.75, 3.05) is 7.11 Å². The quantitative estimate of drug-likeness (QED) is 0.598. The lowest BCUT2D eigenvalue weighted by Gasteiger charge is -2.40. The number of aliphatic carboxylic acids is 1. The van der Waals surface area contributed by atoms with E-state index in [9.17, 15) is 9.90 Å². The van der Waals surface area contributed by atoms with Gasteiger partial charge in [0.1, 0.15) is 0 Å². The lowest BCUT2D eigenvalue weighted by Crippen LogP contribution is -2.41. The molecule has 0 aromatic heterocycles. The first-order valence-electron chi connectivity index (χ1n) is 10.9. The molecule has 1 N–H and O–H groups in total. The van der Waals surface area contributed by atoms with Crippen molar-refractivity contribution in [2.45, 2.75) is 64.4 Å². The maximum atomic E-state index is 12.0. The van der Waals surface area contributed by atoms with Crippen LogP contribution in [0.5, 0.6) is 11.5 Å². The second kappa shape index (κ2) is 9.47. The summed E-state index contributed by atoms with van der Waals surface area (Å²) in [5.74, 6) is 7.03. The molecular weight excluding hydrogens is 388 g/mol. The van der Waals surface area contributed by atoms with Gasteiger partial charge in [-0.1, -0.05) is 56.9 Å². The minimum atomic E-state index is -0.908. The van der Waals surface area contributed by atoms with Gasteiger partial charge in [0.2, 0.25) is 0 Å². The monoisotopic (exact) mass is 420 g/mol.